The molecule has 0 aliphatic carbocycles. The molecule has 0 saturated carbocycles. The fourth-order valence-electron chi connectivity index (χ4n) is 2.51. The normalized spacial score (nSPS) is 14.6. The maximum absolute atomic E-state index is 12.4. The van der Waals surface area contributed by atoms with Gasteiger partial charge in [-0.15, -0.1) is 0 Å². The highest BCUT2D eigenvalue weighted by atomic mass is 32.2. The number of nitrogens with zero attached hydrogens (tertiary/aromatic N) is 1. The smallest absolute Gasteiger partial charge is 0.425 e. The standard InChI is InChI=1S/C19H19NO4S/c1-12-8-5-6-11-15(12)25-20(4)18(22)23-14-10-7-9-13-16(14)24-19(2,3)17(13)21/h5-11H,1-4H3. The lowest BCUT2D eigenvalue weighted by Gasteiger charge is -2.18. The zero-order valence-corrected chi connectivity index (χ0v) is 15.3. The predicted octanol–water partition coefficient (Wildman–Crippen LogP) is 4.49. The molecule has 1 aliphatic heterocycles. The Bertz CT molecular complexity index is 847. The Balaban J connectivity index is 1.77. The Morgan fingerprint density at radius 2 is 1.88 bits per heavy atom. The van der Waals surface area contributed by atoms with E-state index in [0.717, 1.165) is 10.5 Å². The highest BCUT2D eigenvalue weighted by molar-refractivity contribution is 7.97. The van der Waals surface area contributed by atoms with Crippen molar-refractivity contribution in [3.05, 3.63) is 53.6 Å². The van der Waals surface area contributed by atoms with Crippen molar-refractivity contribution >= 4 is 23.8 Å². The number of carbonyl (C=O) groups excluding carboxylic acids is 2. The van der Waals surface area contributed by atoms with E-state index in [9.17, 15) is 9.59 Å². The Morgan fingerprint density at radius 3 is 2.60 bits per heavy atom. The van der Waals surface area contributed by atoms with Gasteiger partial charge >= 0.3 is 6.09 Å². The minimum atomic E-state index is -0.952. The van der Waals surface area contributed by atoms with Gasteiger partial charge in [0.2, 0.25) is 5.78 Å². The summed E-state index contributed by atoms with van der Waals surface area (Å²) >= 11 is 1.28. The predicted molar refractivity (Wildman–Crippen MR) is 96.3 cm³/mol. The molecule has 0 bridgehead atoms. The van der Waals surface area contributed by atoms with Gasteiger partial charge in [0.1, 0.15) is 0 Å². The van der Waals surface area contributed by atoms with E-state index in [1.54, 1.807) is 39.1 Å². The van der Waals surface area contributed by atoms with Gasteiger partial charge in [0.25, 0.3) is 0 Å². The molecule has 0 saturated heterocycles. The van der Waals surface area contributed by atoms with Crippen LogP contribution in [0.5, 0.6) is 11.5 Å². The number of fused-ring (bicyclic) bond motifs is 1. The van der Waals surface area contributed by atoms with Crippen LogP contribution in [0.15, 0.2) is 47.4 Å². The van der Waals surface area contributed by atoms with Crippen LogP contribution < -0.4 is 9.47 Å². The molecule has 0 fully saturated rings. The summed E-state index contributed by atoms with van der Waals surface area (Å²) in [6.07, 6.45) is -0.539. The zero-order valence-electron chi connectivity index (χ0n) is 14.5. The number of ketones is 1. The van der Waals surface area contributed by atoms with E-state index in [1.807, 2.05) is 31.2 Å². The zero-order chi connectivity index (χ0) is 18.2. The third-order valence-electron chi connectivity index (χ3n) is 3.91. The van der Waals surface area contributed by atoms with Gasteiger partial charge in [0, 0.05) is 11.9 Å². The first-order valence-corrected chi connectivity index (χ1v) is 8.63. The second kappa shape index (κ2) is 6.44. The van der Waals surface area contributed by atoms with E-state index in [1.165, 1.54) is 16.3 Å². The molecule has 5 nitrogen and oxygen atoms in total. The molecule has 1 aliphatic rings. The van der Waals surface area contributed by atoms with Crippen LogP contribution in [0, 0.1) is 6.92 Å². The summed E-state index contributed by atoms with van der Waals surface area (Å²) in [5.74, 6) is 0.446. The molecule has 3 rings (SSSR count). The summed E-state index contributed by atoms with van der Waals surface area (Å²) in [4.78, 5) is 25.7. The van der Waals surface area contributed by atoms with Crippen molar-refractivity contribution in [3.8, 4) is 11.5 Å². The molecule has 2 aromatic carbocycles. The van der Waals surface area contributed by atoms with Crippen molar-refractivity contribution < 1.29 is 19.1 Å². The summed E-state index contributed by atoms with van der Waals surface area (Å²) in [6.45, 7) is 5.37. The van der Waals surface area contributed by atoms with Gasteiger partial charge in [-0.2, -0.15) is 0 Å². The monoisotopic (exact) mass is 357 g/mol. The molecule has 1 amide bonds. The quantitative estimate of drug-likeness (QED) is 0.758. The molecule has 6 heteroatoms. The molecule has 0 N–H and O–H groups in total. The molecule has 1 heterocycles. The maximum atomic E-state index is 12.4. The van der Waals surface area contributed by atoms with Crippen LogP contribution in [-0.4, -0.2) is 28.8 Å². The van der Waals surface area contributed by atoms with E-state index in [2.05, 4.69) is 0 Å². The van der Waals surface area contributed by atoms with Gasteiger partial charge in [-0.05, 0) is 56.5 Å². The molecule has 0 atom stereocenters. The van der Waals surface area contributed by atoms with Crippen molar-refractivity contribution in [2.24, 2.45) is 0 Å². The lowest BCUT2D eigenvalue weighted by Crippen LogP contribution is -2.32. The number of carbonyl (C=O) groups is 2. The average Bonchev–Trinajstić information content (AvgIpc) is 2.80. The topological polar surface area (TPSA) is 55.8 Å². The number of hydrogen-bond acceptors (Lipinski definition) is 5. The fraction of sp³-hybridized carbons (Fsp3) is 0.263. The van der Waals surface area contributed by atoms with Crippen LogP contribution in [0.3, 0.4) is 0 Å². The highest BCUT2D eigenvalue weighted by Gasteiger charge is 2.41. The van der Waals surface area contributed by atoms with Crippen LogP contribution in [-0.2, 0) is 0 Å². The molecule has 0 unspecified atom stereocenters. The van der Waals surface area contributed by atoms with Gasteiger partial charge in [-0.1, -0.05) is 24.3 Å². The van der Waals surface area contributed by atoms with Gasteiger partial charge < -0.3 is 9.47 Å². The molecule has 2 aromatic rings. The van der Waals surface area contributed by atoms with E-state index in [0.29, 0.717) is 11.3 Å². The minimum absolute atomic E-state index is 0.122. The van der Waals surface area contributed by atoms with E-state index >= 15 is 0 Å². The van der Waals surface area contributed by atoms with Crippen LogP contribution in [0.1, 0.15) is 29.8 Å². The number of amides is 1. The number of ether oxygens (including phenoxy) is 2. The van der Waals surface area contributed by atoms with Crippen molar-refractivity contribution in [1.29, 1.82) is 0 Å². The average molecular weight is 357 g/mol. The molecular formula is C19H19NO4S. The molecule has 0 aromatic heterocycles. The number of aryl methyl sites for hydroxylation is 1. The SMILES string of the molecule is Cc1ccccc1SN(C)C(=O)Oc1cccc2c1OC(C)(C)C2=O. The summed E-state index contributed by atoms with van der Waals surface area (Å²) in [7, 11) is 1.64. The summed E-state index contributed by atoms with van der Waals surface area (Å²) < 4.78 is 12.6. The number of rotatable bonds is 3. The first kappa shape index (κ1) is 17.4. The molecule has 0 spiro atoms. The van der Waals surface area contributed by atoms with E-state index in [-0.39, 0.29) is 11.5 Å². The van der Waals surface area contributed by atoms with Crippen molar-refractivity contribution in [3.63, 3.8) is 0 Å². The Morgan fingerprint density at radius 1 is 1.16 bits per heavy atom. The third-order valence-corrected chi connectivity index (χ3v) is 4.99. The molecule has 130 valence electrons. The largest absolute Gasteiger partial charge is 0.475 e. The van der Waals surface area contributed by atoms with Gasteiger partial charge in [-0.3, -0.25) is 4.79 Å². The van der Waals surface area contributed by atoms with E-state index < -0.39 is 11.7 Å². The van der Waals surface area contributed by atoms with Gasteiger partial charge in [0.05, 0.1) is 5.56 Å². The highest BCUT2D eigenvalue weighted by Crippen LogP contribution is 2.42. The number of Topliss-reactive ketones (excluding diaryl/α,β-unsaturated/α-hetero) is 1. The second-order valence-electron chi connectivity index (χ2n) is 6.30. The van der Waals surface area contributed by atoms with Crippen LogP contribution >= 0.6 is 11.9 Å². The second-order valence-corrected chi connectivity index (χ2v) is 7.47. The van der Waals surface area contributed by atoms with Crippen LogP contribution in [0.2, 0.25) is 0 Å². The van der Waals surface area contributed by atoms with Gasteiger partial charge in [0.15, 0.2) is 17.1 Å². The van der Waals surface area contributed by atoms with Crippen molar-refractivity contribution in [2.45, 2.75) is 31.3 Å². The van der Waals surface area contributed by atoms with E-state index in [4.69, 9.17) is 9.47 Å². The molecule has 0 radical (unpaired) electrons. The van der Waals surface area contributed by atoms with Crippen molar-refractivity contribution in [1.82, 2.24) is 4.31 Å². The summed E-state index contributed by atoms with van der Waals surface area (Å²) in [6, 6.07) is 12.8. The van der Waals surface area contributed by atoms with Crippen LogP contribution in [0.25, 0.3) is 0 Å². The molecular weight excluding hydrogens is 338 g/mol. The maximum Gasteiger partial charge on any atom is 0.425 e. The number of benzene rings is 2. The Kier molecular flexibility index (Phi) is 4.47. The lowest BCUT2D eigenvalue weighted by atomic mass is 10.00. The Hall–Kier alpha value is -2.47. The van der Waals surface area contributed by atoms with Crippen molar-refractivity contribution in [2.75, 3.05) is 7.05 Å². The molecule has 25 heavy (non-hydrogen) atoms. The third kappa shape index (κ3) is 3.35. The number of para-hydroxylation sites is 1. The summed E-state index contributed by atoms with van der Waals surface area (Å²) in [5, 5.41) is 0. The number of hydrogen-bond donors (Lipinski definition) is 0. The fourth-order valence-corrected chi connectivity index (χ4v) is 3.27. The Labute approximate surface area is 151 Å². The minimum Gasteiger partial charge on any atom is -0.475 e. The lowest BCUT2D eigenvalue weighted by molar-refractivity contribution is 0.0679. The first-order valence-electron chi connectivity index (χ1n) is 7.85. The summed E-state index contributed by atoms with van der Waals surface area (Å²) in [5.41, 5.74) is 0.556. The first-order chi connectivity index (χ1) is 11.8. The van der Waals surface area contributed by atoms with Crippen LogP contribution in [0.4, 0.5) is 4.79 Å². The van der Waals surface area contributed by atoms with Gasteiger partial charge in [-0.25, -0.2) is 9.10 Å².